The van der Waals surface area contributed by atoms with Gasteiger partial charge in [-0.2, -0.15) is 4.98 Å². The zero-order valence-corrected chi connectivity index (χ0v) is 19.3. The van der Waals surface area contributed by atoms with Crippen LogP contribution in [0.25, 0.3) is 10.2 Å². The molecule has 3 aromatic rings. The van der Waals surface area contributed by atoms with Crippen molar-refractivity contribution < 1.29 is 23.0 Å². The quantitative estimate of drug-likeness (QED) is 0.315. The Balaban J connectivity index is 1.18. The van der Waals surface area contributed by atoms with Gasteiger partial charge in [-0.05, 0) is 42.5 Å². The van der Waals surface area contributed by atoms with Gasteiger partial charge in [-0.3, -0.25) is 4.79 Å². The number of thiazole rings is 1. The predicted molar refractivity (Wildman–Crippen MR) is 123 cm³/mol. The number of aromatic nitrogens is 1. The van der Waals surface area contributed by atoms with Crippen molar-refractivity contribution in [1.29, 1.82) is 0 Å². The molecule has 5 nitrogen and oxygen atoms in total. The number of halogens is 2. The summed E-state index contributed by atoms with van der Waals surface area (Å²) in [6.07, 6.45) is 2.65. The van der Waals surface area contributed by atoms with Crippen molar-refractivity contribution in [3.8, 4) is 10.9 Å². The normalized spacial score (nSPS) is 14.7. The van der Waals surface area contributed by atoms with E-state index >= 15 is 0 Å². The van der Waals surface area contributed by atoms with Crippen LogP contribution in [0.3, 0.4) is 0 Å². The molecule has 1 aliphatic rings. The van der Waals surface area contributed by atoms with Crippen LogP contribution in [0.1, 0.15) is 25.7 Å². The molecule has 0 spiro atoms. The zero-order valence-electron chi connectivity index (χ0n) is 17.7. The lowest BCUT2D eigenvalue weighted by Gasteiger charge is -2.31. The minimum Gasteiger partial charge on any atom is -0.497 e. The Morgan fingerprint density at radius 3 is 2.69 bits per heavy atom. The molecule has 4 rings (SSSR count). The Hall–Kier alpha value is -2.39. The van der Waals surface area contributed by atoms with Gasteiger partial charge in [0.25, 0.3) is 5.19 Å². The second-order valence-corrected chi connectivity index (χ2v) is 9.70. The fraction of sp³-hybridized carbons (Fsp3) is 0.391. The van der Waals surface area contributed by atoms with Gasteiger partial charge in [0, 0.05) is 43.3 Å². The molecular weight excluding hydrogens is 454 g/mol. The minimum absolute atomic E-state index is 0.0850. The van der Waals surface area contributed by atoms with Crippen LogP contribution < -0.4 is 9.47 Å². The number of fused-ring (bicyclic) bond motifs is 1. The minimum atomic E-state index is -0.684. The van der Waals surface area contributed by atoms with E-state index in [2.05, 4.69) is 4.98 Å². The molecule has 9 heteroatoms. The highest BCUT2D eigenvalue weighted by atomic mass is 32.2. The van der Waals surface area contributed by atoms with Crippen molar-refractivity contribution in [2.45, 2.75) is 36.7 Å². The summed E-state index contributed by atoms with van der Waals surface area (Å²) >= 11 is 2.87. The molecule has 0 unspecified atom stereocenters. The van der Waals surface area contributed by atoms with Crippen LogP contribution in [0.2, 0.25) is 0 Å². The van der Waals surface area contributed by atoms with E-state index in [0.29, 0.717) is 42.2 Å². The zero-order chi connectivity index (χ0) is 22.5. The lowest BCUT2D eigenvalue weighted by molar-refractivity contribution is -0.133. The van der Waals surface area contributed by atoms with E-state index in [1.54, 1.807) is 18.9 Å². The summed E-state index contributed by atoms with van der Waals surface area (Å²) < 4.78 is 38.7. The van der Waals surface area contributed by atoms with Crippen molar-refractivity contribution >= 4 is 39.2 Å². The van der Waals surface area contributed by atoms with Crippen LogP contribution in [0.15, 0.2) is 41.3 Å². The summed E-state index contributed by atoms with van der Waals surface area (Å²) in [4.78, 5) is 19.7. The maximum atomic E-state index is 13.8. The van der Waals surface area contributed by atoms with Crippen molar-refractivity contribution in [1.82, 2.24) is 9.88 Å². The van der Waals surface area contributed by atoms with Crippen molar-refractivity contribution in [2.24, 2.45) is 0 Å². The van der Waals surface area contributed by atoms with Gasteiger partial charge in [-0.25, -0.2) is 8.78 Å². The van der Waals surface area contributed by atoms with Crippen molar-refractivity contribution in [2.75, 3.05) is 26.0 Å². The van der Waals surface area contributed by atoms with E-state index in [1.165, 1.54) is 6.07 Å². The number of ether oxygens (including phenoxy) is 2. The molecule has 2 aromatic carbocycles. The number of hydrogen-bond donors (Lipinski definition) is 0. The summed E-state index contributed by atoms with van der Waals surface area (Å²) in [5, 5.41) is 0.338. The second-order valence-electron chi connectivity index (χ2n) is 7.54. The van der Waals surface area contributed by atoms with Gasteiger partial charge in [0.1, 0.15) is 23.2 Å². The van der Waals surface area contributed by atoms with Gasteiger partial charge in [0.15, 0.2) is 5.82 Å². The number of methoxy groups -OCH3 is 1. The molecule has 1 aliphatic heterocycles. The van der Waals surface area contributed by atoms with E-state index in [1.807, 2.05) is 29.2 Å². The molecule has 0 saturated carbocycles. The number of benzene rings is 2. The third-order valence-electron chi connectivity index (χ3n) is 5.32. The monoisotopic (exact) mass is 478 g/mol. The standard InChI is InChI=1S/C23H24F2N2O3S2/c1-29-16-4-6-18(7-5-16)31-12-2-3-21(28)27-10-8-17(9-11-27)30-23-26-22-19(25)13-15(24)14-20(22)32-23/h4-7,13-14,17H,2-3,8-12H2,1H3. The maximum Gasteiger partial charge on any atom is 0.274 e. The number of likely N-dealkylation sites (tertiary alicyclic amines) is 1. The first-order valence-electron chi connectivity index (χ1n) is 10.5. The van der Waals surface area contributed by atoms with Crippen molar-refractivity contribution in [3.05, 3.63) is 48.0 Å². The third kappa shape index (κ3) is 5.69. The first kappa shape index (κ1) is 22.8. The Morgan fingerprint density at radius 1 is 1.22 bits per heavy atom. The van der Waals surface area contributed by atoms with Crippen LogP contribution in [0, 0.1) is 11.6 Å². The molecular formula is C23H24F2N2O3S2. The second kappa shape index (κ2) is 10.5. The number of thioether (sulfide) groups is 1. The molecule has 170 valence electrons. The average molecular weight is 479 g/mol. The van der Waals surface area contributed by atoms with Crippen LogP contribution in [-0.2, 0) is 4.79 Å². The highest BCUT2D eigenvalue weighted by Crippen LogP contribution is 2.32. The van der Waals surface area contributed by atoms with Crippen LogP contribution >= 0.6 is 23.1 Å². The van der Waals surface area contributed by atoms with Gasteiger partial charge in [-0.1, -0.05) is 11.3 Å². The van der Waals surface area contributed by atoms with Crippen LogP contribution in [0.5, 0.6) is 10.9 Å². The predicted octanol–water partition coefficient (Wildman–Crippen LogP) is 5.53. The number of hydrogen-bond acceptors (Lipinski definition) is 6. The SMILES string of the molecule is COc1ccc(SCCCC(=O)N2CCC(Oc3nc4c(F)cc(F)cc4s3)CC2)cc1. The number of nitrogens with zero attached hydrogens (tertiary/aromatic N) is 2. The summed E-state index contributed by atoms with van der Waals surface area (Å²) in [5.41, 5.74) is 0.131. The third-order valence-corrected chi connectivity index (χ3v) is 7.31. The summed E-state index contributed by atoms with van der Waals surface area (Å²) in [6, 6.07) is 9.99. The molecule has 1 amide bonds. The average Bonchev–Trinajstić information content (AvgIpc) is 3.20. The van der Waals surface area contributed by atoms with Crippen LogP contribution in [0.4, 0.5) is 8.78 Å². The Labute approximate surface area is 193 Å². The Bertz CT molecular complexity index is 1070. The van der Waals surface area contributed by atoms with Gasteiger partial charge in [0.05, 0.1) is 11.8 Å². The fourth-order valence-corrected chi connectivity index (χ4v) is 5.37. The lowest BCUT2D eigenvalue weighted by Crippen LogP contribution is -2.41. The lowest BCUT2D eigenvalue weighted by atomic mass is 10.1. The molecule has 1 saturated heterocycles. The van der Waals surface area contributed by atoms with E-state index in [9.17, 15) is 13.6 Å². The number of carbonyl (C=O) groups is 1. The molecule has 32 heavy (non-hydrogen) atoms. The molecule has 0 bridgehead atoms. The first-order chi connectivity index (χ1) is 15.5. The highest BCUT2D eigenvalue weighted by Gasteiger charge is 2.25. The summed E-state index contributed by atoms with van der Waals surface area (Å²) in [6.45, 7) is 1.26. The molecule has 1 aromatic heterocycles. The molecule has 0 aliphatic carbocycles. The van der Waals surface area contributed by atoms with Gasteiger partial charge in [0.2, 0.25) is 5.91 Å². The van der Waals surface area contributed by atoms with Gasteiger partial charge < -0.3 is 14.4 Å². The Morgan fingerprint density at radius 2 is 1.97 bits per heavy atom. The number of piperidine rings is 1. The number of amides is 1. The molecule has 0 radical (unpaired) electrons. The number of carbonyl (C=O) groups excluding carboxylic acids is 1. The summed E-state index contributed by atoms with van der Waals surface area (Å²) in [7, 11) is 1.65. The molecule has 0 N–H and O–H groups in total. The topological polar surface area (TPSA) is 51.7 Å². The maximum absolute atomic E-state index is 13.8. The largest absolute Gasteiger partial charge is 0.497 e. The smallest absolute Gasteiger partial charge is 0.274 e. The molecule has 2 heterocycles. The van der Waals surface area contributed by atoms with E-state index < -0.39 is 11.6 Å². The van der Waals surface area contributed by atoms with Crippen LogP contribution in [-0.4, -0.2) is 47.8 Å². The molecule has 0 atom stereocenters. The van der Waals surface area contributed by atoms with Gasteiger partial charge in [-0.15, -0.1) is 11.8 Å². The fourth-order valence-electron chi connectivity index (χ4n) is 3.60. The van der Waals surface area contributed by atoms with Gasteiger partial charge >= 0.3 is 0 Å². The van der Waals surface area contributed by atoms with E-state index in [4.69, 9.17) is 9.47 Å². The molecule has 1 fully saturated rings. The summed E-state index contributed by atoms with van der Waals surface area (Å²) in [5.74, 6) is 0.570. The highest BCUT2D eigenvalue weighted by molar-refractivity contribution is 7.99. The number of rotatable bonds is 8. The van der Waals surface area contributed by atoms with Crippen molar-refractivity contribution in [3.63, 3.8) is 0 Å². The first-order valence-corrected chi connectivity index (χ1v) is 12.3. The van der Waals surface area contributed by atoms with E-state index in [-0.39, 0.29) is 17.5 Å². The Kier molecular flexibility index (Phi) is 7.47. The van der Waals surface area contributed by atoms with E-state index in [0.717, 1.165) is 40.2 Å².